The van der Waals surface area contributed by atoms with Crippen molar-refractivity contribution < 1.29 is 0 Å². The molecular formula is C20H18N4. The van der Waals surface area contributed by atoms with Gasteiger partial charge < -0.3 is 11.7 Å². The maximum absolute atomic E-state index is 5.60. The Hall–Kier alpha value is -3.40. The highest BCUT2D eigenvalue weighted by Crippen LogP contribution is 2.15. The van der Waals surface area contributed by atoms with Gasteiger partial charge in [0.2, 0.25) is 0 Å². The third-order valence-corrected chi connectivity index (χ3v) is 3.78. The molecule has 0 spiro atoms. The summed E-state index contributed by atoms with van der Waals surface area (Å²) in [6, 6.07) is 27.6. The first-order valence-electron chi connectivity index (χ1n) is 7.61. The van der Waals surface area contributed by atoms with Gasteiger partial charge in [-0.1, -0.05) is 84.9 Å². The number of rotatable bonds is 4. The lowest BCUT2D eigenvalue weighted by Gasteiger charge is -2.09. The highest BCUT2D eigenvalue weighted by atomic mass is 15.1. The fourth-order valence-corrected chi connectivity index (χ4v) is 2.61. The molecule has 0 amide bonds. The normalized spacial score (nSPS) is 12.2. The minimum absolute atomic E-state index is 0.744. The van der Waals surface area contributed by atoms with Crippen molar-refractivity contribution in [2.45, 2.75) is 0 Å². The van der Waals surface area contributed by atoms with Gasteiger partial charge in [-0.2, -0.15) is 10.2 Å². The van der Waals surface area contributed by atoms with Crippen LogP contribution in [-0.4, -0.2) is 11.4 Å². The Labute approximate surface area is 141 Å². The lowest BCUT2D eigenvalue weighted by molar-refractivity contribution is 1.24. The van der Waals surface area contributed by atoms with Crippen molar-refractivity contribution >= 4 is 11.4 Å². The lowest BCUT2D eigenvalue weighted by Crippen LogP contribution is -2.09. The van der Waals surface area contributed by atoms with Gasteiger partial charge in [0.1, 0.15) is 0 Å². The predicted octanol–water partition coefficient (Wildman–Crippen LogP) is 3.11. The van der Waals surface area contributed by atoms with E-state index in [1.807, 2.05) is 84.9 Å². The quantitative estimate of drug-likeness (QED) is 0.441. The smallest absolute Gasteiger partial charge is 0.0971 e. The molecule has 0 aliphatic carbocycles. The van der Waals surface area contributed by atoms with E-state index in [4.69, 9.17) is 11.7 Å². The van der Waals surface area contributed by atoms with E-state index in [9.17, 15) is 0 Å². The van der Waals surface area contributed by atoms with Crippen LogP contribution in [0.15, 0.2) is 95.1 Å². The molecule has 3 aromatic rings. The summed E-state index contributed by atoms with van der Waals surface area (Å²) in [7, 11) is 0. The molecule has 0 aliphatic heterocycles. The second-order valence-electron chi connectivity index (χ2n) is 5.26. The monoisotopic (exact) mass is 314 g/mol. The zero-order valence-electron chi connectivity index (χ0n) is 13.1. The van der Waals surface area contributed by atoms with Gasteiger partial charge >= 0.3 is 0 Å². The number of nitrogens with two attached hydrogens (primary N) is 2. The van der Waals surface area contributed by atoms with Crippen molar-refractivity contribution in [1.82, 2.24) is 0 Å². The van der Waals surface area contributed by atoms with Crippen molar-refractivity contribution in [2.24, 2.45) is 21.9 Å². The number of hydrogen-bond acceptors (Lipinski definition) is 4. The van der Waals surface area contributed by atoms with Crippen molar-refractivity contribution in [3.05, 3.63) is 107 Å². The Bertz CT molecular complexity index is 777. The molecule has 24 heavy (non-hydrogen) atoms. The van der Waals surface area contributed by atoms with Gasteiger partial charge in [0, 0.05) is 22.3 Å². The highest BCUT2D eigenvalue weighted by Gasteiger charge is 2.10. The lowest BCUT2D eigenvalue weighted by atomic mass is 9.97. The molecule has 4 N–H and O–H groups in total. The van der Waals surface area contributed by atoms with E-state index in [0.29, 0.717) is 0 Å². The largest absolute Gasteiger partial charge is 0.323 e. The maximum Gasteiger partial charge on any atom is 0.0971 e. The van der Waals surface area contributed by atoms with Crippen LogP contribution in [0.5, 0.6) is 0 Å². The molecule has 0 atom stereocenters. The van der Waals surface area contributed by atoms with E-state index in [0.717, 1.165) is 33.7 Å². The number of hydrogen-bond donors (Lipinski definition) is 2. The summed E-state index contributed by atoms with van der Waals surface area (Å²) >= 11 is 0. The van der Waals surface area contributed by atoms with Crippen LogP contribution in [0.25, 0.3) is 0 Å². The molecule has 4 heteroatoms. The fraction of sp³-hybridized carbons (Fsp3) is 0. The van der Waals surface area contributed by atoms with Gasteiger partial charge in [0.25, 0.3) is 0 Å². The van der Waals surface area contributed by atoms with Gasteiger partial charge in [-0.15, -0.1) is 0 Å². The molecule has 0 bridgehead atoms. The number of nitrogens with zero attached hydrogens (tertiary/aromatic N) is 2. The number of hydrazone groups is 2. The zero-order valence-corrected chi connectivity index (χ0v) is 13.1. The van der Waals surface area contributed by atoms with Gasteiger partial charge in [-0.25, -0.2) is 0 Å². The molecular weight excluding hydrogens is 296 g/mol. The summed E-state index contributed by atoms with van der Waals surface area (Å²) in [6.45, 7) is 0. The molecule has 0 radical (unpaired) electrons. The van der Waals surface area contributed by atoms with Crippen LogP contribution < -0.4 is 11.7 Å². The molecule has 3 rings (SSSR count). The molecule has 0 saturated carbocycles. The standard InChI is InChI=1S/C20H18N4/c21-23-19(15-7-3-1-4-8-15)17-11-13-18(14-12-17)20(24-22)16-9-5-2-6-10-16/h1-14H,21-22H2/b23-19+,24-20+. The van der Waals surface area contributed by atoms with Crippen LogP contribution >= 0.6 is 0 Å². The van der Waals surface area contributed by atoms with Gasteiger partial charge in [-0.05, 0) is 0 Å². The minimum atomic E-state index is 0.744. The van der Waals surface area contributed by atoms with Crippen LogP contribution in [-0.2, 0) is 0 Å². The van der Waals surface area contributed by atoms with Crippen LogP contribution in [0.3, 0.4) is 0 Å². The summed E-state index contributed by atoms with van der Waals surface area (Å²) in [5.74, 6) is 11.2. The van der Waals surface area contributed by atoms with E-state index >= 15 is 0 Å². The SMILES string of the molecule is N/N=C(\c1ccccc1)c1ccc(/C(=N/N)c2ccccc2)cc1. The predicted molar refractivity (Wildman–Crippen MR) is 99.0 cm³/mol. The zero-order chi connectivity index (χ0) is 16.8. The third kappa shape index (κ3) is 3.17. The Morgan fingerprint density at radius 3 is 1.04 bits per heavy atom. The van der Waals surface area contributed by atoms with Gasteiger partial charge in [0.15, 0.2) is 0 Å². The first kappa shape index (κ1) is 15.5. The Balaban J connectivity index is 1.93. The minimum Gasteiger partial charge on any atom is -0.323 e. The van der Waals surface area contributed by atoms with Gasteiger partial charge in [-0.3, -0.25) is 0 Å². The summed E-state index contributed by atoms with van der Waals surface area (Å²) in [5.41, 5.74) is 5.32. The van der Waals surface area contributed by atoms with E-state index in [1.165, 1.54) is 0 Å². The molecule has 0 fully saturated rings. The molecule has 0 saturated heterocycles. The average molecular weight is 314 g/mol. The first-order chi connectivity index (χ1) is 11.8. The maximum atomic E-state index is 5.60. The molecule has 4 nitrogen and oxygen atoms in total. The molecule has 118 valence electrons. The van der Waals surface area contributed by atoms with Crippen molar-refractivity contribution in [1.29, 1.82) is 0 Å². The van der Waals surface area contributed by atoms with E-state index in [-0.39, 0.29) is 0 Å². The first-order valence-corrected chi connectivity index (χ1v) is 7.61. The Morgan fingerprint density at radius 2 is 0.750 bits per heavy atom. The van der Waals surface area contributed by atoms with E-state index in [1.54, 1.807) is 0 Å². The molecule has 3 aromatic carbocycles. The van der Waals surface area contributed by atoms with Gasteiger partial charge in [0.05, 0.1) is 11.4 Å². The van der Waals surface area contributed by atoms with E-state index in [2.05, 4.69) is 10.2 Å². The third-order valence-electron chi connectivity index (χ3n) is 3.78. The van der Waals surface area contributed by atoms with Crippen LogP contribution in [0.1, 0.15) is 22.3 Å². The second-order valence-corrected chi connectivity index (χ2v) is 5.26. The Morgan fingerprint density at radius 1 is 0.458 bits per heavy atom. The van der Waals surface area contributed by atoms with Crippen molar-refractivity contribution in [2.75, 3.05) is 0 Å². The molecule has 0 aromatic heterocycles. The van der Waals surface area contributed by atoms with Crippen LogP contribution in [0.4, 0.5) is 0 Å². The number of benzene rings is 3. The summed E-state index contributed by atoms with van der Waals surface area (Å²) in [6.07, 6.45) is 0. The fourth-order valence-electron chi connectivity index (χ4n) is 2.61. The van der Waals surface area contributed by atoms with Crippen LogP contribution in [0.2, 0.25) is 0 Å². The summed E-state index contributed by atoms with van der Waals surface area (Å²) in [4.78, 5) is 0. The van der Waals surface area contributed by atoms with Crippen LogP contribution in [0, 0.1) is 0 Å². The second kappa shape index (κ2) is 7.24. The molecule has 0 heterocycles. The summed E-state index contributed by atoms with van der Waals surface area (Å²) in [5, 5.41) is 7.89. The Kier molecular flexibility index (Phi) is 4.68. The topological polar surface area (TPSA) is 76.8 Å². The van der Waals surface area contributed by atoms with Crippen molar-refractivity contribution in [3.63, 3.8) is 0 Å². The van der Waals surface area contributed by atoms with E-state index < -0.39 is 0 Å². The average Bonchev–Trinajstić information content (AvgIpc) is 2.66. The van der Waals surface area contributed by atoms with Crippen molar-refractivity contribution in [3.8, 4) is 0 Å². The summed E-state index contributed by atoms with van der Waals surface area (Å²) < 4.78 is 0. The molecule has 0 unspecified atom stereocenters. The highest BCUT2D eigenvalue weighted by molar-refractivity contribution is 6.15. The molecule has 0 aliphatic rings.